The quantitative estimate of drug-likeness (QED) is 0.0124. The van der Waals surface area contributed by atoms with Crippen molar-refractivity contribution in [1.82, 2.24) is 0 Å². The van der Waals surface area contributed by atoms with Crippen LogP contribution in [0.5, 0.6) is 0 Å². The maximum atomic E-state index is 12.8. The van der Waals surface area contributed by atoms with Crippen molar-refractivity contribution in [3.63, 3.8) is 0 Å². The fourth-order valence-electron chi connectivity index (χ4n) is 7.77. The van der Waals surface area contributed by atoms with Crippen LogP contribution in [0.3, 0.4) is 0 Å². The number of thioether (sulfide) groups is 2. The number of thiol groups is 2. The van der Waals surface area contributed by atoms with E-state index in [1.807, 2.05) is 41.5 Å². The van der Waals surface area contributed by atoms with Crippen molar-refractivity contribution in [3.05, 3.63) is 12.7 Å². The van der Waals surface area contributed by atoms with Gasteiger partial charge in [-0.05, 0) is 124 Å². The second-order valence-corrected chi connectivity index (χ2v) is 32.5. The fourth-order valence-corrected chi connectivity index (χ4v) is 9.55. The zero-order chi connectivity index (χ0) is 90.6. The number of carbonyl (C=O) groups excluding carboxylic acids is 12. The minimum Gasteiger partial charge on any atom is -0.465 e. The minimum absolute atomic E-state index is 0.0201. The Morgan fingerprint density at radius 2 is 0.529 bits per heavy atom. The van der Waals surface area contributed by atoms with Gasteiger partial charge in [-0.25, -0.2) is 28.8 Å². The molecule has 41 heteroatoms. The molecular formula is C78H136O37S4. The molecule has 0 aromatic carbocycles. The largest absolute Gasteiger partial charge is 0.508 e. The summed E-state index contributed by atoms with van der Waals surface area (Å²) in [6.45, 7) is 26.2. The van der Waals surface area contributed by atoms with Gasteiger partial charge in [0.05, 0.1) is 126 Å². The lowest BCUT2D eigenvalue weighted by Crippen LogP contribution is -2.41. The Labute approximate surface area is 720 Å². The lowest BCUT2D eigenvalue weighted by Gasteiger charge is -2.27. The van der Waals surface area contributed by atoms with Crippen LogP contribution in [-0.2, 0) is 133 Å². The standard InChI is InChI=1S/C50H86O24S2.C22H36O11.C6H14O2S2/c1-11-63-41(55)49(9,33-71-43(57)67-19-15-37(3)4)35-73-45(59)69-31-47(7,29-51)39(53)65-17-13-25-75-27-23-61-21-22-62-24-28-76-26-14-18-66-40(54)48(8,30-52)32-70-46(60)74-36-50(10,42(56)64-12-2)34-72-44(58)68-20-16-38(5)6;1-7-10-29-17(24)21(5,12-23)13-31-20(27)33-15-22(6,18(25)28-8-2)14-32-19(26)30-11-9-16(3)4;9-5-3-7-1-2-8-4-6-10/h37-38,51-52H,11-36H2,1-10H3;7,16,23H,1,8-15H2,2-6H3;9-10H,1-6H2. The average Bonchev–Trinajstić information content (AvgIpc) is 0.860. The fraction of sp³-hybridized carbons (Fsp3) is 0.821. The van der Waals surface area contributed by atoms with Gasteiger partial charge in [0, 0.05) is 23.0 Å². The van der Waals surface area contributed by atoms with E-state index in [4.69, 9.17) is 104 Å². The summed E-state index contributed by atoms with van der Waals surface area (Å²) in [4.78, 5) is 148. The van der Waals surface area contributed by atoms with Gasteiger partial charge in [0.1, 0.15) is 98.6 Å². The molecule has 0 saturated heterocycles. The topological polar surface area (TPSA) is 469 Å². The van der Waals surface area contributed by atoms with Gasteiger partial charge < -0.3 is 120 Å². The Kier molecular flexibility index (Phi) is 68.3. The van der Waals surface area contributed by atoms with Crippen LogP contribution in [-0.4, -0.2) is 314 Å². The second kappa shape index (κ2) is 69.8. The third-order valence-electron chi connectivity index (χ3n) is 15.8. The molecule has 3 N–H and O–H groups in total. The number of ether oxygens (including phenoxy) is 22. The number of esters is 6. The summed E-state index contributed by atoms with van der Waals surface area (Å²) >= 11 is 11.2. The molecule has 6 unspecified atom stereocenters. The summed E-state index contributed by atoms with van der Waals surface area (Å²) in [6, 6.07) is 0. The monoisotopic (exact) mass is 1790 g/mol. The van der Waals surface area contributed by atoms with E-state index in [9.17, 15) is 72.9 Å². The van der Waals surface area contributed by atoms with Gasteiger partial charge in [-0.3, -0.25) is 28.8 Å². The first-order valence-electron chi connectivity index (χ1n) is 39.2. The molecule has 0 fully saturated rings. The highest BCUT2D eigenvalue weighted by molar-refractivity contribution is 7.99. The van der Waals surface area contributed by atoms with E-state index in [0.717, 1.165) is 11.5 Å². The molecule has 37 nitrogen and oxygen atoms in total. The Morgan fingerprint density at radius 3 is 0.756 bits per heavy atom. The molecule has 0 spiro atoms. The third kappa shape index (κ3) is 58.1. The van der Waals surface area contributed by atoms with E-state index < -0.39 is 185 Å². The smallest absolute Gasteiger partial charge is 0.465 e. The zero-order valence-electron chi connectivity index (χ0n) is 72.2. The molecule has 0 radical (unpaired) electrons. The maximum absolute atomic E-state index is 12.8. The number of hydrogen-bond donors (Lipinski definition) is 5. The summed E-state index contributed by atoms with van der Waals surface area (Å²) in [7, 11) is 0. The van der Waals surface area contributed by atoms with Crippen LogP contribution in [0.4, 0.5) is 28.8 Å². The Hall–Kier alpha value is -6.70. The summed E-state index contributed by atoms with van der Waals surface area (Å²) in [5.74, 6) is 0.450. The van der Waals surface area contributed by atoms with Crippen LogP contribution in [0.25, 0.3) is 0 Å². The van der Waals surface area contributed by atoms with Crippen molar-refractivity contribution in [2.45, 2.75) is 136 Å². The van der Waals surface area contributed by atoms with Gasteiger partial charge in [0.2, 0.25) is 0 Å². The average molecular weight is 1790 g/mol. The lowest BCUT2D eigenvalue weighted by molar-refractivity contribution is -0.163. The SMILES string of the molecule is C=CCOC(=O)C(C)(CO)COC(=O)OCC(C)(COC(=O)OCCC(C)C)C(=O)OCC.CCOC(=O)C(C)(COC(=O)OCCC(C)C)COC(=O)OCC(C)(CO)C(=O)OCCCSCCOCCOCCSCCCOC(=O)C(C)(CO)COC(=O)OCC(C)(COC(=O)OCCC(C)C)C(=O)OCC.SCCOCCOCCS. The van der Waals surface area contributed by atoms with Crippen molar-refractivity contribution < 1.29 is 177 Å². The van der Waals surface area contributed by atoms with Gasteiger partial charge in [0.25, 0.3) is 0 Å². The molecule has 0 aliphatic rings. The van der Waals surface area contributed by atoms with Gasteiger partial charge in [0.15, 0.2) is 0 Å². The number of aliphatic hydroxyl groups excluding tert-OH is 3. The predicted molar refractivity (Wildman–Crippen MR) is 440 cm³/mol. The van der Waals surface area contributed by atoms with Crippen molar-refractivity contribution in [2.24, 2.45) is 50.2 Å². The normalized spacial score (nSPS) is 14.0. The number of rotatable bonds is 65. The molecule has 0 heterocycles. The second-order valence-electron chi connectivity index (χ2n) is 29.2. The van der Waals surface area contributed by atoms with E-state index in [1.54, 1.807) is 44.3 Å². The first kappa shape index (κ1) is 116. The Morgan fingerprint density at radius 1 is 0.303 bits per heavy atom. The molecule has 119 heavy (non-hydrogen) atoms. The summed E-state index contributed by atoms with van der Waals surface area (Å²) in [5.41, 5.74) is -9.42. The summed E-state index contributed by atoms with van der Waals surface area (Å²) in [5, 5.41) is 29.3. The number of aliphatic hydroxyl groups is 3. The molecule has 0 amide bonds. The highest BCUT2D eigenvalue weighted by Gasteiger charge is 2.44. The highest BCUT2D eigenvalue weighted by atomic mass is 32.2. The van der Waals surface area contributed by atoms with Crippen LogP contribution >= 0.6 is 48.8 Å². The number of hydrogen-bond acceptors (Lipinski definition) is 41. The summed E-state index contributed by atoms with van der Waals surface area (Å²) in [6.07, 6.45) is -2.38. The van der Waals surface area contributed by atoms with Crippen LogP contribution in [0, 0.1) is 50.2 Å². The minimum atomic E-state index is -1.59. The molecule has 0 saturated carbocycles. The molecule has 0 aromatic rings. The first-order chi connectivity index (χ1) is 56.3. The van der Waals surface area contributed by atoms with E-state index in [-0.39, 0.29) is 59.5 Å². The van der Waals surface area contributed by atoms with Crippen LogP contribution in [0.2, 0.25) is 0 Å². The van der Waals surface area contributed by atoms with Gasteiger partial charge in [-0.2, -0.15) is 48.8 Å². The van der Waals surface area contributed by atoms with Crippen LogP contribution in [0.1, 0.15) is 136 Å². The first-order valence-corrected chi connectivity index (χ1v) is 42.8. The zero-order valence-corrected chi connectivity index (χ0v) is 75.7. The van der Waals surface area contributed by atoms with Crippen molar-refractivity contribution in [1.29, 1.82) is 0 Å². The van der Waals surface area contributed by atoms with E-state index >= 15 is 0 Å². The Balaban J connectivity index is -0.00000255. The molecule has 0 aliphatic heterocycles. The molecular weight excluding hydrogens is 1660 g/mol. The molecule has 6 atom stereocenters. The lowest BCUT2D eigenvalue weighted by atomic mass is 9.93. The predicted octanol–water partition coefficient (Wildman–Crippen LogP) is 9.71. The van der Waals surface area contributed by atoms with Gasteiger partial charge in [-0.1, -0.05) is 54.2 Å². The van der Waals surface area contributed by atoms with Crippen molar-refractivity contribution in [3.8, 4) is 0 Å². The maximum Gasteiger partial charge on any atom is 0.508 e. The molecule has 0 rings (SSSR count). The van der Waals surface area contributed by atoms with Gasteiger partial charge >= 0.3 is 72.7 Å². The van der Waals surface area contributed by atoms with E-state index in [1.165, 1.54) is 47.6 Å². The molecule has 0 aromatic heterocycles. The van der Waals surface area contributed by atoms with E-state index in [0.29, 0.717) is 126 Å². The molecule has 0 aliphatic carbocycles. The van der Waals surface area contributed by atoms with Crippen molar-refractivity contribution >= 4 is 122 Å². The molecule has 694 valence electrons. The van der Waals surface area contributed by atoms with E-state index in [2.05, 4.69) is 31.8 Å². The van der Waals surface area contributed by atoms with Crippen LogP contribution in [0.15, 0.2) is 12.7 Å². The highest BCUT2D eigenvalue weighted by Crippen LogP contribution is 2.27. The Bertz CT molecular complexity index is 2710. The van der Waals surface area contributed by atoms with Crippen molar-refractivity contribution in [2.75, 3.05) is 226 Å². The van der Waals surface area contributed by atoms with Crippen LogP contribution < -0.4 is 0 Å². The third-order valence-corrected chi connectivity index (χ3v) is 18.2. The molecule has 0 bridgehead atoms. The number of carbonyl (C=O) groups is 12. The van der Waals surface area contributed by atoms with Gasteiger partial charge in [-0.15, -0.1) is 0 Å². The summed E-state index contributed by atoms with van der Waals surface area (Å²) < 4.78 is 112.